The first-order valence-corrected chi connectivity index (χ1v) is 5.13. The molecule has 15 heavy (non-hydrogen) atoms. The standard InChI is InChI=1S/C12H14FNO/c1-12(8-11(15)5-6-14-12)9-3-2-4-10(13)7-9/h2-4,7,14H,5-6,8H2,1H3. The highest BCUT2D eigenvalue weighted by molar-refractivity contribution is 5.81. The van der Waals surface area contributed by atoms with Crippen LogP contribution in [0.4, 0.5) is 4.39 Å². The van der Waals surface area contributed by atoms with Gasteiger partial charge >= 0.3 is 0 Å². The second-order valence-electron chi connectivity index (χ2n) is 4.23. The third kappa shape index (κ3) is 2.07. The van der Waals surface area contributed by atoms with Gasteiger partial charge in [-0.05, 0) is 24.6 Å². The van der Waals surface area contributed by atoms with Gasteiger partial charge in [-0.2, -0.15) is 0 Å². The first kappa shape index (κ1) is 10.3. The van der Waals surface area contributed by atoms with Gasteiger partial charge < -0.3 is 5.32 Å². The molecule has 80 valence electrons. The lowest BCUT2D eigenvalue weighted by atomic mass is 9.83. The van der Waals surface area contributed by atoms with Crippen molar-refractivity contribution in [3.05, 3.63) is 35.6 Å². The summed E-state index contributed by atoms with van der Waals surface area (Å²) in [5, 5.41) is 3.28. The minimum absolute atomic E-state index is 0.237. The number of hydrogen-bond donors (Lipinski definition) is 1. The maximum atomic E-state index is 13.1. The predicted molar refractivity (Wildman–Crippen MR) is 56.0 cm³/mol. The first-order valence-electron chi connectivity index (χ1n) is 5.13. The highest BCUT2D eigenvalue weighted by Crippen LogP contribution is 2.28. The molecular formula is C12H14FNO. The van der Waals surface area contributed by atoms with E-state index in [2.05, 4.69) is 5.32 Å². The van der Waals surface area contributed by atoms with Crippen LogP contribution < -0.4 is 5.32 Å². The number of hydrogen-bond acceptors (Lipinski definition) is 2. The van der Waals surface area contributed by atoms with Crippen LogP contribution in [-0.4, -0.2) is 12.3 Å². The zero-order chi connectivity index (χ0) is 10.9. The number of Topliss-reactive ketones (excluding diaryl/α,β-unsaturated/α-hetero) is 1. The van der Waals surface area contributed by atoms with E-state index in [4.69, 9.17) is 0 Å². The Morgan fingerprint density at radius 2 is 2.27 bits per heavy atom. The van der Waals surface area contributed by atoms with E-state index in [-0.39, 0.29) is 11.6 Å². The average Bonchev–Trinajstić information content (AvgIpc) is 2.17. The Bertz CT molecular complexity index is 391. The average molecular weight is 207 g/mol. The molecule has 0 spiro atoms. The third-order valence-corrected chi connectivity index (χ3v) is 2.93. The molecule has 0 amide bonds. The molecule has 1 N–H and O–H groups in total. The summed E-state index contributed by atoms with van der Waals surface area (Å²) in [7, 11) is 0. The van der Waals surface area contributed by atoms with Crippen LogP contribution in [-0.2, 0) is 10.3 Å². The number of piperidine rings is 1. The molecule has 0 aliphatic carbocycles. The molecule has 1 saturated heterocycles. The molecule has 1 aliphatic rings. The lowest BCUT2D eigenvalue weighted by Gasteiger charge is -2.34. The van der Waals surface area contributed by atoms with Gasteiger partial charge in [0.1, 0.15) is 11.6 Å². The van der Waals surface area contributed by atoms with Gasteiger partial charge in [0.15, 0.2) is 0 Å². The minimum atomic E-state index is -0.405. The lowest BCUT2D eigenvalue weighted by molar-refractivity contribution is -0.122. The van der Waals surface area contributed by atoms with E-state index < -0.39 is 5.54 Å². The summed E-state index contributed by atoms with van der Waals surface area (Å²) in [6.07, 6.45) is 1.02. The van der Waals surface area contributed by atoms with Crippen LogP contribution in [0.1, 0.15) is 25.3 Å². The smallest absolute Gasteiger partial charge is 0.136 e. The van der Waals surface area contributed by atoms with Gasteiger partial charge in [0.2, 0.25) is 0 Å². The van der Waals surface area contributed by atoms with Gasteiger partial charge in [-0.1, -0.05) is 12.1 Å². The summed E-state index contributed by atoms with van der Waals surface area (Å²) in [4.78, 5) is 11.4. The van der Waals surface area contributed by atoms with Crippen molar-refractivity contribution in [1.29, 1.82) is 0 Å². The number of nitrogens with one attached hydrogen (secondary N) is 1. The van der Waals surface area contributed by atoms with Crippen molar-refractivity contribution in [3.63, 3.8) is 0 Å². The fraction of sp³-hybridized carbons (Fsp3) is 0.417. The predicted octanol–water partition coefficient (Wildman–Crippen LogP) is 1.99. The van der Waals surface area contributed by atoms with Crippen LogP contribution in [0, 0.1) is 5.82 Å². The second kappa shape index (κ2) is 3.74. The van der Waals surface area contributed by atoms with E-state index in [9.17, 15) is 9.18 Å². The molecule has 0 saturated carbocycles. The van der Waals surface area contributed by atoms with Gasteiger partial charge in [-0.15, -0.1) is 0 Å². The molecule has 0 bridgehead atoms. The molecule has 3 heteroatoms. The van der Waals surface area contributed by atoms with Gasteiger partial charge in [0, 0.05) is 24.9 Å². The largest absolute Gasteiger partial charge is 0.307 e. The SMILES string of the molecule is CC1(c2cccc(F)c2)CC(=O)CCN1. The summed E-state index contributed by atoms with van der Waals surface area (Å²) < 4.78 is 13.1. The Kier molecular flexibility index (Phi) is 2.57. The number of halogens is 1. The van der Waals surface area contributed by atoms with Gasteiger partial charge in [-0.25, -0.2) is 4.39 Å². The molecule has 0 radical (unpaired) electrons. The first-order chi connectivity index (χ1) is 7.10. The number of carbonyl (C=O) groups is 1. The van der Waals surface area contributed by atoms with Gasteiger partial charge in [0.05, 0.1) is 0 Å². The number of ketones is 1. The van der Waals surface area contributed by atoms with Crippen LogP contribution in [0.3, 0.4) is 0 Å². The van der Waals surface area contributed by atoms with E-state index in [1.807, 2.05) is 13.0 Å². The highest BCUT2D eigenvalue weighted by atomic mass is 19.1. The van der Waals surface area contributed by atoms with Crippen LogP contribution in [0.2, 0.25) is 0 Å². The van der Waals surface area contributed by atoms with Crippen molar-refractivity contribution in [2.24, 2.45) is 0 Å². The Hall–Kier alpha value is -1.22. The van der Waals surface area contributed by atoms with Crippen LogP contribution in [0.15, 0.2) is 24.3 Å². The Balaban J connectivity index is 2.32. The molecular weight excluding hydrogens is 193 g/mol. The molecule has 0 aromatic heterocycles. The molecule has 1 unspecified atom stereocenters. The molecule has 2 rings (SSSR count). The maximum Gasteiger partial charge on any atom is 0.136 e. The third-order valence-electron chi connectivity index (χ3n) is 2.93. The number of rotatable bonds is 1. The molecule has 1 heterocycles. The Labute approximate surface area is 88.5 Å². The molecule has 1 aromatic rings. The number of benzene rings is 1. The zero-order valence-corrected chi connectivity index (χ0v) is 8.72. The van der Waals surface area contributed by atoms with E-state index >= 15 is 0 Å². The normalized spacial score (nSPS) is 26.7. The van der Waals surface area contributed by atoms with Crippen molar-refractivity contribution in [3.8, 4) is 0 Å². The van der Waals surface area contributed by atoms with E-state index in [0.29, 0.717) is 19.4 Å². The van der Waals surface area contributed by atoms with Crippen molar-refractivity contribution in [1.82, 2.24) is 5.32 Å². The topological polar surface area (TPSA) is 29.1 Å². The summed E-state index contributed by atoms with van der Waals surface area (Å²) >= 11 is 0. The van der Waals surface area contributed by atoms with Crippen molar-refractivity contribution in [2.75, 3.05) is 6.54 Å². The fourth-order valence-corrected chi connectivity index (χ4v) is 2.06. The minimum Gasteiger partial charge on any atom is -0.307 e. The van der Waals surface area contributed by atoms with Gasteiger partial charge in [-0.3, -0.25) is 4.79 Å². The lowest BCUT2D eigenvalue weighted by Crippen LogP contribution is -2.46. The van der Waals surface area contributed by atoms with Crippen molar-refractivity contribution < 1.29 is 9.18 Å². The second-order valence-corrected chi connectivity index (χ2v) is 4.23. The van der Waals surface area contributed by atoms with Crippen LogP contribution in [0.5, 0.6) is 0 Å². The molecule has 1 aliphatic heterocycles. The maximum absolute atomic E-state index is 13.1. The monoisotopic (exact) mass is 207 g/mol. The Morgan fingerprint density at radius 3 is 2.93 bits per heavy atom. The van der Waals surface area contributed by atoms with Crippen molar-refractivity contribution >= 4 is 5.78 Å². The molecule has 2 nitrogen and oxygen atoms in total. The van der Waals surface area contributed by atoms with E-state index in [1.54, 1.807) is 6.07 Å². The zero-order valence-electron chi connectivity index (χ0n) is 8.72. The Morgan fingerprint density at radius 1 is 1.47 bits per heavy atom. The van der Waals surface area contributed by atoms with Crippen molar-refractivity contribution in [2.45, 2.75) is 25.3 Å². The highest BCUT2D eigenvalue weighted by Gasteiger charge is 2.32. The molecule has 1 atom stereocenters. The van der Waals surface area contributed by atoms with Gasteiger partial charge in [0.25, 0.3) is 0 Å². The summed E-state index contributed by atoms with van der Waals surface area (Å²) in [6, 6.07) is 6.44. The van der Waals surface area contributed by atoms with Crippen LogP contribution in [0.25, 0.3) is 0 Å². The fourth-order valence-electron chi connectivity index (χ4n) is 2.06. The van der Waals surface area contributed by atoms with Crippen LogP contribution >= 0.6 is 0 Å². The molecule has 1 fully saturated rings. The molecule has 1 aromatic carbocycles. The van der Waals surface area contributed by atoms with E-state index in [0.717, 1.165) is 5.56 Å². The summed E-state index contributed by atoms with van der Waals surface area (Å²) in [6.45, 7) is 2.62. The summed E-state index contributed by atoms with van der Waals surface area (Å²) in [5.41, 5.74) is 0.438. The van der Waals surface area contributed by atoms with E-state index in [1.165, 1.54) is 12.1 Å². The summed E-state index contributed by atoms with van der Waals surface area (Å²) in [5.74, 6) is -0.0194. The number of carbonyl (C=O) groups excluding carboxylic acids is 1. The quantitative estimate of drug-likeness (QED) is 0.763.